The van der Waals surface area contributed by atoms with Crippen molar-refractivity contribution in [2.24, 2.45) is 5.92 Å². The number of hydrogen-bond donors (Lipinski definition) is 0. The third kappa shape index (κ3) is 1.81. The molecule has 0 unspecified atom stereocenters. The normalized spacial score (nSPS) is 42.3. The summed E-state index contributed by atoms with van der Waals surface area (Å²) < 4.78 is 34.0. The first-order chi connectivity index (χ1) is 12.4. The van der Waals surface area contributed by atoms with E-state index in [-0.39, 0.29) is 35.9 Å². The maximum Gasteiger partial charge on any atom is 0.254 e. The van der Waals surface area contributed by atoms with Gasteiger partial charge in [0.15, 0.2) is 0 Å². The molecule has 0 aromatic heterocycles. The van der Waals surface area contributed by atoms with Crippen molar-refractivity contribution in [1.82, 2.24) is 9.80 Å². The number of amides is 1. The van der Waals surface area contributed by atoms with E-state index in [1.54, 1.807) is 4.90 Å². The van der Waals surface area contributed by atoms with Crippen LogP contribution in [0.4, 0.5) is 0 Å². The molecule has 0 spiro atoms. The maximum absolute atomic E-state index is 13.4. The number of carbonyl (C=O) groups is 1. The molecular formula is C19H24N2O. The quantitative estimate of drug-likeness (QED) is 0.796. The predicted molar refractivity (Wildman–Crippen MR) is 86.1 cm³/mol. The molecule has 2 bridgehead atoms. The van der Waals surface area contributed by atoms with Crippen LogP contribution in [0.25, 0.3) is 0 Å². The second-order valence-corrected chi connectivity index (χ2v) is 7.19. The summed E-state index contributed by atoms with van der Waals surface area (Å²) in [7, 11) is 0. The van der Waals surface area contributed by atoms with Gasteiger partial charge in [-0.1, -0.05) is 12.1 Å². The third-order valence-corrected chi connectivity index (χ3v) is 6.04. The molecule has 0 N–H and O–H groups in total. The Kier molecular flexibility index (Phi) is 2.13. The van der Waals surface area contributed by atoms with Gasteiger partial charge in [-0.05, 0) is 68.3 Å². The zero-order chi connectivity index (χ0) is 18.2. The predicted octanol–water partition coefficient (Wildman–Crippen LogP) is 2.66. The van der Waals surface area contributed by atoms with Crippen molar-refractivity contribution in [3.05, 3.63) is 34.8 Å². The van der Waals surface area contributed by atoms with Gasteiger partial charge in [0.05, 0.1) is 5.48 Å². The van der Waals surface area contributed by atoms with Gasteiger partial charge in [-0.2, -0.15) is 0 Å². The van der Waals surface area contributed by atoms with Crippen molar-refractivity contribution >= 4 is 5.91 Å². The van der Waals surface area contributed by atoms with E-state index in [9.17, 15) is 6.17 Å². The average Bonchev–Trinajstić information content (AvgIpc) is 2.65. The number of fused-ring (bicyclic) bond motifs is 3. The Morgan fingerprint density at radius 2 is 2.05 bits per heavy atom. The van der Waals surface area contributed by atoms with Crippen molar-refractivity contribution in [1.29, 1.82) is 0 Å². The molecular weight excluding hydrogens is 272 g/mol. The van der Waals surface area contributed by atoms with Crippen LogP contribution in [-0.2, 0) is 6.42 Å². The number of rotatable bonds is 1. The molecule has 3 heteroatoms. The topological polar surface area (TPSA) is 23.6 Å². The van der Waals surface area contributed by atoms with Crippen LogP contribution in [0.3, 0.4) is 0 Å². The van der Waals surface area contributed by atoms with Gasteiger partial charge in [-0.15, -0.1) is 0 Å². The molecule has 0 saturated carbocycles. The van der Waals surface area contributed by atoms with Gasteiger partial charge in [0.2, 0.25) is 0 Å². The van der Waals surface area contributed by atoms with Crippen LogP contribution in [-0.4, -0.2) is 47.9 Å². The first-order valence-electron chi connectivity index (χ1n) is 10.6. The summed E-state index contributed by atoms with van der Waals surface area (Å²) in [5, 5.41) is 0. The zero-order valence-corrected chi connectivity index (χ0v) is 12.8. The molecule has 1 amide bonds. The monoisotopic (exact) mass is 300 g/mol. The van der Waals surface area contributed by atoms with E-state index in [1.165, 1.54) is 0 Å². The Bertz CT molecular complexity index is 805. The van der Waals surface area contributed by atoms with Gasteiger partial charge in [-0.25, -0.2) is 0 Å². The number of hydrogen-bond acceptors (Lipinski definition) is 2. The van der Waals surface area contributed by atoms with Crippen molar-refractivity contribution in [3.63, 3.8) is 0 Å². The Morgan fingerprint density at radius 3 is 2.82 bits per heavy atom. The molecule has 5 aliphatic rings. The SMILES string of the molecule is [2H]c1c([2H])c2c3c(c1[2H])C(=O)N([C@]1([2H])CN4CCC1CC4)C[C@H]3CCC2. The molecule has 4 aliphatic heterocycles. The standard InChI is InChI=1S/C19H24N2O/c22-19-16-6-2-4-14-3-1-5-15(18(14)16)11-21(19)17-12-20-9-7-13(17)8-10-20/h2,4,6,13,15,17H,1,3,5,7-12H2/t15-,17-/m1/s1/i2D,4D,6D,17D. The van der Waals surface area contributed by atoms with Crippen molar-refractivity contribution in [2.75, 3.05) is 26.2 Å². The van der Waals surface area contributed by atoms with E-state index < -0.39 is 6.02 Å². The second-order valence-electron chi connectivity index (χ2n) is 7.19. The fraction of sp³-hybridized carbons (Fsp3) is 0.632. The van der Waals surface area contributed by atoms with E-state index >= 15 is 0 Å². The van der Waals surface area contributed by atoms with E-state index in [1.807, 2.05) is 0 Å². The van der Waals surface area contributed by atoms with Gasteiger partial charge in [0.25, 0.3) is 5.91 Å². The van der Waals surface area contributed by atoms with Gasteiger partial charge in [0, 0.05) is 30.6 Å². The minimum atomic E-state index is -0.919. The summed E-state index contributed by atoms with van der Waals surface area (Å²) in [6.07, 6.45) is 4.52. The summed E-state index contributed by atoms with van der Waals surface area (Å²) in [6, 6.07) is -1.04. The van der Waals surface area contributed by atoms with Gasteiger partial charge in [0.1, 0.15) is 0 Å². The van der Waals surface area contributed by atoms with Crippen LogP contribution in [0.5, 0.6) is 0 Å². The molecule has 1 aliphatic carbocycles. The van der Waals surface area contributed by atoms with Crippen LogP contribution in [0.2, 0.25) is 0 Å². The number of nitrogens with zero attached hydrogens (tertiary/aromatic N) is 2. The van der Waals surface area contributed by atoms with Crippen LogP contribution >= 0.6 is 0 Å². The molecule has 6 rings (SSSR count). The Balaban J connectivity index is 1.65. The first-order valence-corrected chi connectivity index (χ1v) is 8.58. The highest BCUT2D eigenvalue weighted by Crippen LogP contribution is 2.41. The molecule has 1 aromatic rings. The Hall–Kier alpha value is -1.35. The molecule has 0 radical (unpaired) electrons. The van der Waals surface area contributed by atoms with E-state index in [0.717, 1.165) is 56.3 Å². The molecule has 3 nitrogen and oxygen atoms in total. The summed E-state index contributed by atoms with van der Waals surface area (Å²) in [5.41, 5.74) is 1.98. The highest BCUT2D eigenvalue weighted by Gasteiger charge is 2.43. The highest BCUT2D eigenvalue weighted by atomic mass is 16.2. The van der Waals surface area contributed by atoms with E-state index in [2.05, 4.69) is 4.90 Å². The lowest BCUT2D eigenvalue weighted by Crippen LogP contribution is -2.60. The fourth-order valence-corrected chi connectivity index (χ4v) is 4.90. The van der Waals surface area contributed by atoms with Crippen molar-refractivity contribution in [2.45, 2.75) is 44.0 Å². The number of piperidine rings is 3. The summed E-state index contributed by atoms with van der Waals surface area (Å²) in [6.45, 7) is 3.15. The van der Waals surface area contributed by atoms with E-state index in [0.29, 0.717) is 18.7 Å². The highest BCUT2D eigenvalue weighted by molar-refractivity contribution is 5.97. The minimum absolute atomic E-state index is 0.109. The lowest BCUT2D eigenvalue weighted by atomic mass is 9.75. The lowest BCUT2D eigenvalue weighted by Gasteiger charge is -2.51. The molecule has 22 heavy (non-hydrogen) atoms. The second kappa shape index (κ2) is 4.82. The third-order valence-electron chi connectivity index (χ3n) is 6.04. The first kappa shape index (κ1) is 9.71. The number of benzene rings is 1. The summed E-state index contributed by atoms with van der Waals surface area (Å²) in [4.78, 5) is 17.5. The molecule has 1 aromatic carbocycles. The van der Waals surface area contributed by atoms with Gasteiger partial charge >= 0.3 is 0 Å². The molecule has 4 heterocycles. The van der Waals surface area contributed by atoms with Crippen LogP contribution in [0, 0.1) is 5.92 Å². The molecule has 116 valence electrons. The molecule has 2 atom stereocenters. The van der Waals surface area contributed by atoms with Crippen LogP contribution < -0.4 is 0 Å². The lowest BCUT2D eigenvalue weighted by molar-refractivity contribution is 0.00258. The van der Waals surface area contributed by atoms with Crippen molar-refractivity contribution < 1.29 is 10.3 Å². The van der Waals surface area contributed by atoms with Gasteiger partial charge < -0.3 is 9.80 Å². The maximum atomic E-state index is 13.4. The van der Waals surface area contributed by atoms with Gasteiger partial charge in [-0.3, -0.25) is 4.79 Å². The van der Waals surface area contributed by atoms with Crippen molar-refractivity contribution in [3.8, 4) is 0 Å². The Morgan fingerprint density at radius 1 is 1.18 bits per heavy atom. The van der Waals surface area contributed by atoms with E-state index in [4.69, 9.17) is 4.11 Å². The molecule has 3 fully saturated rings. The van der Waals surface area contributed by atoms with Crippen LogP contribution in [0.1, 0.15) is 58.6 Å². The average molecular weight is 300 g/mol. The fourth-order valence-electron chi connectivity index (χ4n) is 4.90. The van der Waals surface area contributed by atoms with Crippen LogP contribution in [0.15, 0.2) is 18.1 Å². The zero-order valence-electron chi connectivity index (χ0n) is 16.8. The summed E-state index contributed by atoms with van der Waals surface area (Å²) >= 11 is 0. The smallest absolute Gasteiger partial charge is 0.254 e. The minimum Gasteiger partial charge on any atom is -0.333 e. The Labute approximate surface area is 137 Å². The molecule has 3 saturated heterocycles. The largest absolute Gasteiger partial charge is 0.333 e. The summed E-state index contributed by atoms with van der Waals surface area (Å²) in [5.74, 6) is 0.0562. The number of carbonyl (C=O) groups excluding carboxylic acids is 1.